The largest absolute Gasteiger partial charge is 0.352 e. The number of carbonyl (C=O) groups excluding carboxylic acids is 1. The van der Waals surface area contributed by atoms with Crippen LogP contribution in [-0.2, 0) is 12.8 Å². The number of aryl methyl sites for hydroxylation is 1. The van der Waals surface area contributed by atoms with Gasteiger partial charge in [0.15, 0.2) is 6.33 Å². The van der Waals surface area contributed by atoms with Crippen LogP contribution >= 0.6 is 11.6 Å². The number of halogens is 1. The molecule has 0 fully saturated rings. The van der Waals surface area contributed by atoms with E-state index in [9.17, 15) is 4.79 Å². The van der Waals surface area contributed by atoms with Crippen molar-refractivity contribution >= 4 is 17.5 Å². The van der Waals surface area contributed by atoms with Gasteiger partial charge >= 0.3 is 0 Å². The van der Waals surface area contributed by atoms with E-state index in [1.807, 2.05) is 6.92 Å². The summed E-state index contributed by atoms with van der Waals surface area (Å²) in [5, 5.41) is 6.57. The van der Waals surface area contributed by atoms with Crippen molar-refractivity contribution in [2.24, 2.45) is 0 Å². The third kappa shape index (κ3) is 3.75. The zero-order valence-electron chi connectivity index (χ0n) is 10.4. The lowest BCUT2D eigenvalue weighted by atomic mass is 10.2. The van der Waals surface area contributed by atoms with Crippen molar-refractivity contribution in [2.75, 3.05) is 6.54 Å². The SMILES string of the molecule is CCc1cc(C(=O)NCCc2ncno2)cc(Cl)n1. The van der Waals surface area contributed by atoms with Crippen molar-refractivity contribution in [3.05, 3.63) is 40.8 Å². The van der Waals surface area contributed by atoms with E-state index in [-0.39, 0.29) is 5.91 Å². The second-order valence-electron chi connectivity index (χ2n) is 3.86. The van der Waals surface area contributed by atoms with E-state index in [1.54, 1.807) is 12.1 Å². The van der Waals surface area contributed by atoms with E-state index in [0.29, 0.717) is 29.6 Å². The second kappa shape index (κ2) is 6.29. The Kier molecular flexibility index (Phi) is 4.46. The van der Waals surface area contributed by atoms with Gasteiger partial charge in [-0.1, -0.05) is 23.7 Å². The molecule has 2 aromatic heterocycles. The molecule has 1 amide bonds. The fourth-order valence-electron chi connectivity index (χ4n) is 1.55. The Balaban J connectivity index is 1.94. The molecule has 100 valence electrons. The van der Waals surface area contributed by atoms with Crippen molar-refractivity contribution in [2.45, 2.75) is 19.8 Å². The molecule has 0 unspecified atom stereocenters. The maximum atomic E-state index is 11.9. The predicted octanol–water partition coefficient (Wildman–Crippen LogP) is 1.65. The van der Waals surface area contributed by atoms with Crippen LogP contribution in [0.3, 0.4) is 0 Å². The molecule has 19 heavy (non-hydrogen) atoms. The van der Waals surface area contributed by atoms with Gasteiger partial charge in [-0.3, -0.25) is 4.79 Å². The van der Waals surface area contributed by atoms with E-state index in [0.717, 1.165) is 12.1 Å². The molecule has 6 nitrogen and oxygen atoms in total. The Morgan fingerprint density at radius 2 is 2.32 bits per heavy atom. The molecule has 2 rings (SSSR count). The number of hydrogen-bond acceptors (Lipinski definition) is 5. The number of nitrogens with zero attached hydrogens (tertiary/aromatic N) is 3. The van der Waals surface area contributed by atoms with Gasteiger partial charge < -0.3 is 9.84 Å². The summed E-state index contributed by atoms with van der Waals surface area (Å²) in [6.45, 7) is 2.37. The molecule has 2 heterocycles. The summed E-state index contributed by atoms with van der Waals surface area (Å²) in [6, 6.07) is 3.27. The number of rotatable bonds is 5. The van der Waals surface area contributed by atoms with E-state index in [4.69, 9.17) is 16.1 Å². The minimum absolute atomic E-state index is 0.196. The first-order chi connectivity index (χ1) is 9.19. The molecule has 0 atom stereocenters. The first kappa shape index (κ1) is 13.5. The van der Waals surface area contributed by atoms with Crippen LogP contribution in [0.1, 0.15) is 28.9 Å². The summed E-state index contributed by atoms with van der Waals surface area (Å²) >= 11 is 5.86. The molecule has 0 spiro atoms. The lowest BCUT2D eigenvalue weighted by molar-refractivity contribution is 0.0953. The van der Waals surface area contributed by atoms with Gasteiger partial charge in [-0.15, -0.1) is 0 Å². The lowest BCUT2D eigenvalue weighted by Crippen LogP contribution is -2.26. The van der Waals surface area contributed by atoms with E-state index in [1.165, 1.54) is 6.33 Å². The zero-order chi connectivity index (χ0) is 13.7. The van der Waals surface area contributed by atoms with Crippen LogP contribution in [-0.4, -0.2) is 27.6 Å². The maximum absolute atomic E-state index is 11.9. The number of carbonyl (C=O) groups is 1. The highest BCUT2D eigenvalue weighted by Gasteiger charge is 2.09. The molecule has 0 bridgehead atoms. The molecule has 1 N–H and O–H groups in total. The van der Waals surface area contributed by atoms with E-state index < -0.39 is 0 Å². The molecule has 0 aliphatic rings. The third-order valence-electron chi connectivity index (χ3n) is 2.50. The van der Waals surface area contributed by atoms with Crippen LogP contribution in [0.2, 0.25) is 5.15 Å². The summed E-state index contributed by atoms with van der Waals surface area (Å²) in [4.78, 5) is 19.9. The highest BCUT2D eigenvalue weighted by Crippen LogP contribution is 2.11. The van der Waals surface area contributed by atoms with Crippen LogP contribution in [0.5, 0.6) is 0 Å². The van der Waals surface area contributed by atoms with Gasteiger partial charge in [-0.25, -0.2) is 4.98 Å². The summed E-state index contributed by atoms with van der Waals surface area (Å²) < 4.78 is 4.83. The molecule has 0 saturated heterocycles. The number of pyridine rings is 1. The fraction of sp³-hybridized carbons (Fsp3) is 0.333. The predicted molar refractivity (Wildman–Crippen MR) is 69.0 cm³/mol. The molecule has 7 heteroatoms. The number of hydrogen-bond donors (Lipinski definition) is 1. The molecule has 0 aliphatic carbocycles. The molecule has 0 aliphatic heterocycles. The van der Waals surface area contributed by atoms with Crippen LogP contribution < -0.4 is 5.32 Å². The quantitative estimate of drug-likeness (QED) is 0.842. The van der Waals surface area contributed by atoms with Crippen LogP contribution in [0, 0.1) is 0 Å². The van der Waals surface area contributed by atoms with Gasteiger partial charge in [-0.2, -0.15) is 4.98 Å². The highest BCUT2D eigenvalue weighted by atomic mass is 35.5. The first-order valence-electron chi connectivity index (χ1n) is 5.89. The molecule has 0 aromatic carbocycles. The topological polar surface area (TPSA) is 80.9 Å². The standard InChI is InChI=1S/C12H13ClN4O2/c1-2-9-5-8(6-10(13)17-9)12(18)14-4-3-11-15-7-16-19-11/h5-7H,2-4H2,1H3,(H,14,18). The zero-order valence-corrected chi connectivity index (χ0v) is 11.1. The fourth-order valence-corrected chi connectivity index (χ4v) is 1.78. The number of aromatic nitrogens is 3. The van der Waals surface area contributed by atoms with E-state index in [2.05, 4.69) is 20.4 Å². The summed E-state index contributed by atoms with van der Waals surface area (Å²) in [6.07, 6.45) is 2.54. The molecule has 2 aromatic rings. The minimum atomic E-state index is -0.196. The van der Waals surface area contributed by atoms with Crippen molar-refractivity contribution in [3.8, 4) is 0 Å². The van der Waals surface area contributed by atoms with E-state index >= 15 is 0 Å². The normalized spacial score (nSPS) is 10.4. The first-order valence-corrected chi connectivity index (χ1v) is 6.27. The van der Waals surface area contributed by atoms with Gasteiger partial charge in [-0.05, 0) is 18.6 Å². The smallest absolute Gasteiger partial charge is 0.251 e. The Labute approximate surface area is 115 Å². The van der Waals surface area contributed by atoms with Gasteiger partial charge in [0.25, 0.3) is 5.91 Å². The summed E-state index contributed by atoms with van der Waals surface area (Å²) in [7, 11) is 0. The average Bonchev–Trinajstić information content (AvgIpc) is 2.91. The van der Waals surface area contributed by atoms with Crippen LogP contribution in [0.4, 0.5) is 0 Å². The second-order valence-corrected chi connectivity index (χ2v) is 4.25. The number of nitrogens with one attached hydrogen (secondary N) is 1. The molecular formula is C12H13ClN4O2. The van der Waals surface area contributed by atoms with Gasteiger partial charge in [0, 0.05) is 24.2 Å². The summed E-state index contributed by atoms with van der Waals surface area (Å²) in [5.74, 6) is 0.292. The maximum Gasteiger partial charge on any atom is 0.251 e. The lowest BCUT2D eigenvalue weighted by Gasteiger charge is -2.05. The van der Waals surface area contributed by atoms with Crippen LogP contribution in [0.15, 0.2) is 23.0 Å². The third-order valence-corrected chi connectivity index (χ3v) is 2.70. The number of amides is 1. The average molecular weight is 281 g/mol. The van der Waals surface area contributed by atoms with Gasteiger partial charge in [0.05, 0.1) is 0 Å². The Hall–Kier alpha value is -1.95. The van der Waals surface area contributed by atoms with Gasteiger partial charge in [0.2, 0.25) is 5.89 Å². The molecule has 0 radical (unpaired) electrons. The summed E-state index contributed by atoms with van der Waals surface area (Å²) in [5.41, 5.74) is 1.29. The minimum Gasteiger partial charge on any atom is -0.352 e. The van der Waals surface area contributed by atoms with Gasteiger partial charge in [0.1, 0.15) is 5.15 Å². The Bertz CT molecular complexity index is 557. The molecule has 0 saturated carbocycles. The van der Waals surface area contributed by atoms with Crippen LogP contribution in [0.25, 0.3) is 0 Å². The molecular weight excluding hydrogens is 268 g/mol. The monoisotopic (exact) mass is 280 g/mol. The Morgan fingerprint density at radius 1 is 1.47 bits per heavy atom. The van der Waals surface area contributed by atoms with Crippen molar-refractivity contribution in [3.63, 3.8) is 0 Å². The Morgan fingerprint density at radius 3 is 3.00 bits per heavy atom. The van der Waals surface area contributed by atoms with Crippen molar-refractivity contribution in [1.82, 2.24) is 20.4 Å². The van der Waals surface area contributed by atoms with Crippen molar-refractivity contribution in [1.29, 1.82) is 0 Å². The highest BCUT2D eigenvalue weighted by molar-refractivity contribution is 6.29. The van der Waals surface area contributed by atoms with Crippen molar-refractivity contribution < 1.29 is 9.32 Å².